The molecule has 2 aromatic carbocycles. The number of amides is 1. The Hall–Kier alpha value is -2.93. The molecule has 1 aliphatic rings. The summed E-state index contributed by atoms with van der Waals surface area (Å²) in [5.74, 6) is 0.816. The van der Waals surface area contributed by atoms with Crippen molar-refractivity contribution in [3.8, 4) is 11.4 Å². The van der Waals surface area contributed by atoms with E-state index in [1.165, 1.54) is 11.8 Å². The van der Waals surface area contributed by atoms with Crippen molar-refractivity contribution < 1.29 is 4.79 Å². The van der Waals surface area contributed by atoms with Gasteiger partial charge in [-0.2, -0.15) is 0 Å². The number of benzene rings is 2. The highest BCUT2D eigenvalue weighted by molar-refractivity contribution is 8.00. The van der Waals surface area contributed by atoms with E-state index in [4.69, 9.17) is 4.98 Å². The van der Waals surface area contributed by atoms with Crippen LogP contribution in [0.1, 0.15) is 19.8 Å². The molecule has 0 radical (unpaired) electrons. The van der Waals surface area contributed by atoms with Crippen molar-refractivity contribution in [1.82, 2.24) is 24.9 Å². The largest absolute Gasteiger partial charge is 0.352 e. The van der Waals surface area contributed by atoms with Crippen molar-refractivity contribution in [3.63, 3.8) is 0 Å². The molecule has 1 amide bonds. The summed E-state index contributed by atoms with van der Waals surface area (Å²) in [6.07, 6.45) is 2.15. The van der Waals surface area contributed by atoms with Crippen molar-refractivity contribution in [2.24, 2.45) is 0 Å². The Morgan fingerprint density at radius 1 is 1.11 bits per heavy atom. The molecule has 1 N–H and O–H groups in total. The summed E-state index contributed by atoms with van der Waals surface area (Å²) in [5, 5.41) is 13.3. The van der Waals surface area contributed by atoms with Gasteiger partial charge in [0.1, 0.15) is 5.82 Å². The monoisotopic (exact) mass is 389 g/mol. The zero-order chi connectivity index (χ0) is 19.1. The summed E-state index contributed by atoms with van der Waals surface area (Å²) in [5.41, 5.74) is 2.61. The number of hydrogen-bond acceptors (Lipinski definition) is 5. The first-order valence-corrected chi connectivity index (χ1v) is 10.2. The van der Waals surface area contributed by atoms with Gasteiger partial charge < -0.3 is 5.32 Å². The van der Waals surface area contributed by atoms with E-state index in [1.807, 2.05) is 65.9 Å². The van der Waals surface area contributed by atoms with Gasteiger partial charge in [-0.25, -0.2) is 4.98 Å². The Balaban J connectivity index is 1.63. The lowest BCUT2D eigenvalue weighted by molar-refractivity contribution is -0.120. The molecule has 2 aromatic heterocycles. The summed E-state index contributed by atoms with van der Waals surface area (Å²) in [7, 11) is 0. The fraction of sp³-hybridized carbons (Fsp3) is 0.238. The van der Waals surface area contributed by atoms with E-state index in [2.05, 4.69) is 15.5 Å². The SMILES string of the molecule is C[C@@H](Sc1nnc2c3ccccc3nc(-c3ccccc3)n12)C(=O)NC1CC1. The van der Waals surface area contributed by atoms with Crippen LogP contribution in [-0.4, -0.2) is 36.8 Å². The average Bonchev–Trinajstić information content (AvgIpc) is 3.45. The minimum absolute atomic E-state index is 0.0410. The Kier molecular flexibility index (Phi) is 4.24. The molecule has 0 saturated heterocycles. The van der Waals surface area contributed by atoms with E-state index in [1.54, 1.807) is 0 Å². The van der Waals surface area contributed by atoms with Gasteiger partial charge in [0.05, 0.1) is 10.8 Å². The molecule has 7 heteroatoms. The van der Waals surface area contributed by atoms with Crippen LogP contribution >= 0.6 is 11.8 Å². The van der Waals surface area contributed by atoms with E-state index in [9.17, 15) is 4.79 Å². The molecule has 2 heterocycles. The number of hydrogen-bond donors (Lipinski definition) is 1. The minimum atomic E-state index is -0.261. The molecule has 1 saturated carbocycles. The Labute approximate surface area is 166 Å². The van der Waals surface area contributed by atoms with Crippen LogP contribution in [0.15, 0.2) is 59.8 Å². The highest BCUT2D eigenvalue weighted by atomic mass is 32.2. The first-order chi connectivity index (χ1) is 13.7. The van der Waals surface area contributed by atoms with Gasteiger partial charge in [-0.15, -0.1) is 10.2 Å². The molecule has 140 valence electrons. The number of nitrogens with one attached hydrogen (secondary N) is 1. The number of thioether (sulfide) groups is 1. The second-order valence-corrected chi connectivity index (χ2v) is 8.31. The zero-order valence-electron chi connectivity index (χ0n) is 15.4. The number of nitrogens with zero attached hydrogens (tertiary/aromatic N) is 4. The topological polar surface area (TPSA) is 72.2 Å². The van der Waals surface area contributed by atoms with Crippen molar-refractivity contribution in [2.75, 3.05) is 0 Å². The van der Waals surface area contributed by atoms with Gasteiger partial charge in [-0.3, -0.25) is 9.20 Å². The molecule has 0 spiro atoms. The second-order valence-electron chi connectivity index (χ2n) is 7.00. The van der Waals surface area contributed by atoms with E-state index in [-0.39, 0.29) is 11.2 Å². The van der Waals surface area contributed by atoms with Crippen LogP contribution < -0.4 is 5.32 Å². The maximum absolute atomic E-state index is 12.4. The Morgan fingerprint density at radius 3 is 2.64 bits per heavy atom. The van der Waals surface area contributed by atoms with Crippen molar-refractivity contribution in [2.45, 2.75) is 36.2 Å². The highest BCUT2D eigenvalue weighted by Crippen LogP contribution is 2.31. The second kappa shape index (κ2) is 6.91. The van der Waals surface area contributed by atoms with Crippen molar-refractivity contribution >= 4 is 34.2 Å². The normalized spacial score (nSPS) is 15.0. The lowest BCUT2D eigenvalue weighted by Gasteiger charge is -2.12. The molecule has 1 aliphatic carbocycles. The quantitative estimate of drug-likeness (QED) is 0.527. The molecule has 4 aromatic rings. The van der Waals surface area contributed by atoms with Crippen LogP contribution in [0.5, 0.6) is 0 Å². The maximum atomic E-state index is 12.4. The van der Waals surface area contributed by atoms with Gasteiger partial charge in [-0.05, 0) is 31.9 Å². The lowest BCUT2D eigenvalue weighted by atomic mass is 10.2. The fourth-order valence-electron chi connectivity index (χ4n) is 3.17. The molecule has 0 bridgehead atoms. The van der Waals surface area contributed by atoms with Gasteiger partial charge in [0.15, 0.2) is 10.8 Å². The van der Waals surface area contributed by atoms with Crippen LogP contribution in [-0.2, 0) is 4.79 Å². The van der Waals surface area contributed by atoms with Crippen LogP contribution in [0.3, 0.4) is 0 Å². The van der Waals surface area contributed by atoms with Crippen LogP contribution in [0.25, 0.3) is 27.9 Å². The lowest BCUT2D eigenvalue weighted by Crippen LogP contribution is -2.32. The molecular weight excluding hydrogens is 370 g/mol. The Bertz CT molecular complexity index is 1170. The van der Waals surface area contributed by atoms with Gasteiger partial charge >= 0.3 is 0 Å². The maximum Gasteiger partial charge on any atom is 0.233 e. The number of carbonyl (C=O) groups is 1. The standard InChI is InChI=1S/C21H19N5OS/c1-13(20(27)22-15-11-12-15)28-21-25-24-19-16-9-5-6-10-17(16)23-18(26(19)21)14-7-3-2-4-8-14/h2-10,13,15H,11-12H2,1H3,(H,22,27)/t13-/m1/s1. The van der Waals surface area contributed by atoms with Gasteiger partial charge in [0, 0.05) is 17.0 Å². The van der Waals surface area contributed by atoms with Gasteiger partial charge in [-0.1, -0.05) is 54.2 Å². The first-order valence-electron chi connectivity index (χ1n) is 9.37. The summed E-state index contributed by atoms with van der Waals surface area (Å²) in [4.78, 5) is 17.3. The number of para-hydroxylation sites is 1. The van der Waals surface area contributed by atoms with Gasteiger partial charge in [0.2, 0.25) is 5.91 Å². The predicted molar refractivity (Wildman–Crippen MR) is 110 cm³/mol. The average molecular weight is 389 g/mol. The summed E-state index contributed by atoms with van der Waals surface area (Å²) in [6, 6.07) is 18.3. The van der Waals surface area contributed by atoms with Crippen molar-refractivity contribution in [1.29, 1.82) is 0 Å². The molecular formula is C21H19N5OS. The number of aromatic nitrogens is 4. The van der Waals surface area contributed by atoms with Crippen LogP contribution in [0.4, 0.5) is 0 Å². The smallest absolute Gasteiger partial charge is 0.233 e. The van der Waals surface area contributed by atoms with E-state index >= 15 is 0 Å². The first kappa shape index (κ1) is 17.2. The van der Waals surface area contributed by atoms with E-state index in [0.717, 1.165) is 40.8 Å². The number of rotatable bonds is 5. The third-order valence-electron chi connectivity index (χ3n) is 4.82. The molecule has 0 aliphatic heterocycles. The fourth-order valence-corrected chi connectivity index (χ4v) is 4.03. The summed E-state index contributed by atoms with van der Waals surface area (Å²) >= 11 is 1.41. The molecule has 0 unspecified atom stereocenters. The van der Waals surface area contributed by atoms with Crippen LogP contribution in [0.2, 0.25) is 0 Å². The predicted octanol–water partition coefficient (Wildman–Crippen LogP) is 3.70. The zero-order valence-corrected chi connectivity index (χ0v) is 16.2. The molecule has 1 fully saturated rings. The van der Waals surface area contributed by atoms with E-state index < -0.39 is 0 Å². The van der Waals surface area contributed by atoms with Crippen LogP contribution in [0, 0.1) is 0 Å². The van der Waals surface area contributed by atoms with Crippen molar-refractivity contribution in [3.05, 3.63) is 54.6 Å². The van der Waals surface area contributed by atoms with E-state index in [0.29, 0.717) is 11.2 Å². The molecule has 5 rings (SSSR count). The number of carbonyl (C=O) groups excluding carboxylic acids is 1. The summed E-state index contributed by atoms with van der Waals surface area (Å²) < 4.78 is 1.96. The number of fused-ring (bicyclic) bond motifs is 3. The summed E-state index contributed by atoms with van der Waals surface area (Å²) in [6.45, 7) is 1.90. The molecule has 6 nitrogen and oxygen atoms in total. The minimum Gasteiger partial charge on any atom is -0.352 e. The third-order valence-corrected chi connectivity index (χ3v) is 5.87. The molecule has 1 atom stereocenters. The third kappa shape index (κ3) is 3.11. The molecule has 28 heavy (non-hydrogen) atoms. The highest BCUT2D eigenvalue weighted by Gasteiger charge is 2.27. The van der Waals surface area contributed by atoms with Gasteiger partial charge in [0.25, 0.3) is 0 Å². The Morgan fingerprint density at radius 2 is 1.86 bits per heavy atom.